The van der Waals surface area contributed by atoms with Crippen molar-refractivity contribution in [2.75, 3.05) is 6.61 Å². The van der Waals surface area contributed by atoms with Crippen LogP contribution in [-0.4, -0.2) is 43.5 Å². The minimum Gasteiger partial charge on any atom is -0.401 e. The summed E-state index contributed by atoms with van der Waals surface area (Å²) in [6.07, 6.45) is -5.49. The van der Waals surface area contributed by atoms with Gasteiger partial charge in [0.05, 0.1) is 33.0 Å². The van der Waals surface area contributed by atoms with Crippen molar-refractivity contribution in [3.63, 3.8) is 0 Å². The van der Waals surface area contributed by atoms with E-state index in [9.17, 15) is 9.70 Å². The van der Waals surface area contributed by atoms with Crippen LogP contribution in [-0.2, 0) is 54.8 Å². The van der Waals surface area contributed by atoms with E-state index in [-0.39, 0.29) is 37.9 Å². The summed E-state index contributed by atoms with van der Waals surface area (Å²) in [6.45, 7) is 1.10. The molecule has 5 atom stereocenters. The molecule has 0 radical (unpaired) electrons. The van der Waals surface area contributed by atoms with Gasteiger partial charge in [0.15, 0.2) is 0 Å². The first-order chi connectivity index (χ1) is 25.1. The van der Waals surface area contributed by atoms with E-state index in [2.05, 4.69) is 5.18 Å². The van der Waals surface area contributed by atoms with Crippen LogP contribution < -0.4 is 4.74 Å². The zero-order valence-corrected chi connectivity index (χ0v) is 27.9. The smallest absolute Gasteiger partial charge is 0.401 e. The third-order valence-electron chi connectivity index (χ3n) is 8.20. The van der Waals surface area contributed by atoms with Crippen LogP contribution in [0.2, 0.25) is 0 Å². The number of benzene rings is 5. The lowest BCUT2D eigenvalue weighted by molar-refractivity contribution is -0.317. The average Bonchev–Trinajstić information content (AvgIpc) is 3.18. The van der Waals surface area contributed by atoms with E-state index in [4.69, 9.17) is 33.2 Å². The van der Waals surface area contributed by atoms with Gasteiger partial charge < -0.3 is 33.2 Å². The van der Waals surface area contributed by atoms with Gasteiger partial charge in [0.25, 0.3) is 0 Å². The standard InChI is InChI=1S/C41H39NO9/c43-41(49-35-23-21-34(42-44)22-24-35)51-40-39(48-28-33-19-11-4-12-20-33)38(47-27-32-17-9-3-10-18-32)37(46-26-31-15-7-2-8-16-31)36(50-40)29-45-25-30-13-5-1-6-14-30/h1-24,36-40H,25-29H2/t36-,37-,38+,39-,40-/m1/s1. The van der Waals surface area contributed by atoms with Crippen LogP contribution in [0.1, 0.15) is 22.3 Å². The highest BCUT2D eigenvalue weighted by Crippen LogP contribution is 2.32. The molecule has 1 aliphatic rings. The van der Waals surface area contributed by atoms with Crippen molar-refractivity contribution in [3.8, 4) is 5.75 Å². The molecule has 1 aliphatic heterocycles. The predicted octanol–water partition coefficient (Wildman–Crippen LogP) is 8.30. The van der Waals surface area contributed by atoms with Gasteiger partial charge in [0.1, 0.15) is 35.9 Å². The van der Waals surface area contributed by atoms with E-state index >= 15 is 0 Å². The molecular weight excluding hydrogens is 650 g/mol. The first-order valence-electron chi connectivity index (χ1n) is 16.7. The van der Waals surface area contributed by atoms with Crippen molar-refractivity contribution in [3.05, 3.63) is 173 Å². The van der Waals surface area contributed by atoms with Crippen molar-refractivity contribution in [2.24, 2.45) is 5.18 Å². The molecular formula is C41H39NO9. The first-order valence-corrected chi connectivity index (χ1v) is 16.7. The van der Waals surface area contributed by atoms with Crippen LogP contribution in [0.15, 0.2) is 151 Å². The van der Waals surface area contributed by atoms with Crippen LogP contribution in [0.25, 0.3) is 0 Å². The van der Waals surface area contributed by atoms with Crippen LogP contribution >= 0.6 is 0 Å². The number of carbonyl (C=O) groups is 1. The Kier molecular flexibility index (Phi) is 13.0. The molecule has 0 spiro atoms. The molecule has 0 aliphatic carbocycles. The average molecular weight is 690 g/mol. The molecule has 262 valence electrons. The summed E-state index contributed by atoms with van der Waals surface area (Å²) in [5.41, 5.74) is 3.99. The lowest BCUT2D eigenvalue weighted by atomic mass is 9.97. The van der Waals surface area contributed by atoms with Gasteiger partial charge in [0, 0.05) is 0 Å². The molecule has 0 bridgehead atoms. The second kappa shape index (κ2) is 18.7. The molecule has 1 heterocycles. The van der Waals surface area contributed by atoms with E-state index in [0.29, 0.717) is 6.61 Å². The van der Waals surface area contributed by atoms with Crippen LogP contribution in [0.5, 0.6) is 5.75 Å². The highest BCUT2D eigenvalue weighted by molar-refractivity contribution is 5.64. The van der Waals surface area contributed by atoms with Crippen molar-refractivity contribution in [2.45, 2.75) is 57.1 Å². The van der Waals surface area contributed by atoms with E-state index in [1.165, 1.54) is 24.3 Å². The minimum absolute atomic E-state index is 0.0972. The zero-order chi connectivity index (χ0) is 35.1. The molecule has 1 fully saturated rings. The molecule has 6 rings (SSSR count). The Morgan fingerprint density at radius 2 is 1.00 bits per heavy atom. The molecule has 1 saturated heterocycles. The number of rotatable bonds is 16. The van der Waals surface area contributed by atoms with Crippen molar-refractivity contribution in [1.82, 2.24) is 0 Å². The Morgan fingerprint density at radius 1 is 0.549 bits per heavy atom. The summed E-state index contributed by atoms with van der Waals surface area (Å²) in [4.78, 5) is 24.1. The molecule has 51 heavy (non-hydrogen) atoms. The Hall–Kier alpha value is -5.23. The number of carbonyl (C=O) groups excluding carboxylic acids is 1. The van der Waals surface area contributed by atoms with Gasteiger partial charge in [-0.3, -0.25) is 0 Å². The normalized spacial score (nSPS) is 20.0. The number of ether oxygens (including phenoxy) is 7. The number of hydrogen-bond acceptors (Lipinski definition) is 10. The Labute approximate surface area is 296 Å². The summed E-state index contributed by atoms with van der Waals surface area (Å²) in [7, 11) is 0. The fraction of sp³-hybridized carbons (Fsp3) is 0.244. The van der Waals surface area contributed by atoms with Crippen molar-refractivity contribution in [1.29, 1.82) is 0 Å². The van der Waals surface area contributed by atoms with E-state index in [0.717, 1.165) is 22.3 Å². The van der Waals surface area contributed by atoms with Gasteiger partial charge in [0.2, 0.25) is 6.29 Å². The van der Waals surface area contributed by atoms with Crippen LogP contribution in [0.4, 0.5) is 10.5 Å². The molecule has 0 aromatic heterocycles. The highest BCUT2D eigenvalue weighted by atomic mass is 16.8. The topological polar surface area (TPSA) is 111 Å². The van der Waals surface area contributed by atoms with E-state index in [1.54, 1.807) is 0 Å². The summed E-state index contributed by atoms with van der Waals surface area (Å²) < 4.78 is 43.8. The maximum atomic E-state index is 13.3. The van der Waals surface area contributed by atoms with Gasteiger partial charge in [-0.05, 0) is 51.7 Å². The maximum absolute atomic E-state index is 13.3. The van der Waals surface area contributed by atoms with E-state index in [1.807, 2.05) is 121 Å². The lowest BCUT2D eigenvalue weighted by Crippen LogP contribution is -2.62. The monoisotopic (exact) mass is 689 g/mol. The third kappa shape index (κ3) is 10.6. The van der Waals surface area contributed by atoms with Crippen LogP contribution in [0, 0.1) is 4.91 Å². The van der Waals surface area contributed by atoms with E-state index < -0.39 is 36.9 Å². The molecule has 5 aromatic rings. The highest BCUT2D eigenvalue weighted by Gasteiger charge is 2.50. The van der Waals surface area contributed by atoms with Crippen molar-refractivity contribution < 1.29 is 38.0 Å². The fourth-order valence-corrected chi connectivity index (χ4v) is 5.63. The van der Waals surface area contributed by atoms with Crippen molar-refractivity contribution >= 4 is 11.8 Å². The summed E-state index contributed by atoms with van der Waals surface area (Å²) in [5.74, 6) is 0.161. The maximum Gasteiger partial charge on any atom is 0.516 e. The Bertz CT molecular complexity index is 1760. The minimum atomic E-state index is -1.28. The fourth-order valence-electron chi connectivity index (χ4n) is 5.63. The quantitative estimate of drug-likeness (QED) is 0.0574. The van der Waals surface area contributed by atoms with Gasteiger partial charge in [-0.2, -0.15) is 0 Å². The molecule has 0 saturated carbocycles. The Balaban J connectivity index is 1.30. The second-order valence-electron chi connectivity index (χ2n) is 11.9. The molecule has 10 heteroatoms. The molecule has 10 nitrogen and oxygen atoms in total. The SMILES string of the molecule is O=Nc1ccc(OC(=O)O[C@H]2O[C@H](COCc3ccccc3)[C@@H](OCc3ccccc3)[C@H](OCc3ccccc3)[C@H]2OCc2ccccc2)cc1. The van der Waals surface area contributed by atoms with Gasteiger partial charge in [-0.1, -0.05) is 121 Å². The Morgan fingerprint density at radius 3 is 1.49 bits per heavy atom. The molecule has 5 aromatic carbocycles. The summed E-state index contributed by atoms with van der Waals surface area (Å²) >= 11 is 0. The molecule has 0 N–H and O–H groups in total. The van der Waals surface area contributed by atoms with Crippen LogP contribution in [0.3, 0.4) is 0 Å². The first kappa shape index (κ1) is 35.6. The number of hydrogen-bond donors (Lipinski definition) is 0. The summed E-state index contributed by atoms with van der Waals surface area (Å²) in [6, 6.07) is 44.7. The zero-order valence-electron chi connectivity index (χ0n) is 27.9. The molecule has 0 unspecified atom stereocenters. The summed E-state index contributed by atoms with van der Waals surface area (Å²) in [5, 5.41) is 2.89. The molecule has 0 amide bonds. The van der Waals surface area contributed by atoms with Gasteiger partial charge in [-0.15, -0.1) is 4.91 Å². The second-order valence-corrected chi connectivity index (χ2v) is 11.9. The van der Waals surface area contributed by atoms with Gasteiger partial charge >= 0.3 is 6.16 Å². The largest absolute Gasteiger partial charge is 0.516 e. The lowest BCUT2D eigenvalue weighted by Gasteiger charge is -2.45. The third-order valence-corrected chi connectivity index (χ3v) is 8.20. The number of nitrogens with zero attached hydrogens (tertiary/aromatic N) is 1. The van der Waals surface area contributed by atoms with Gasteiger partial charge in [-0.25, -0.2) is 4.79 Å². The predicted molar refractivity (Wildman–Crippen MR) is 189 cm³/mol. The number of nitroso groups, excluding NO2 is 1.